The first-order valence-electron chi connectivity index (χ1n) is 9.58. The minimum absolute atomic E-state index is 0.246. The van der Waals surface area contributed by atoms with Crippen molar-refractivity contribution in [2.45, 2.75) is 25.7 Å². The average molecular weight is 401 g/mol. The zero-order valence-electron chi connectivity index (χ0n) is 16.1. The lowest BCUT2D eigenvalue weighted by Gasteiger charge is -2.41. The van der Waals surface area contributed by atoms with Crippen LogP contribution in [0.2, 0.25) is 0 Å². The third kappa shape index (κ3) is 4.00. The number of carbonyl (C=O) groups excluding carboxylic acids is 2. The standard InChI is InChI=1S/C22H25F2N3O2/c23-17-5-1-15(2-6-17)9-11-21(19(25)28)13-27-14-22(21,20(26)29)12-10-16-3-7-18(24)8-4-16/h1-8,27H,9-14H2,(H2,25,28)(H2,26,29). The Morgan fingerprint density at radius 2 is 1.10 bits per heavy atom. The van der Waals surface area contributed by atoms with Crippen LogP contribution in [-0.2, 0) is 22.4 Å². The van der Waals surface area contributed by atoms with Crippen LogP contribution in [0.25, 0.3) is 0 Å². The molecule has 1 heterocycles. The lowest BCUT2D eigenvalue weighted by atomic mass is 9.59. The van der Waals surface area contributed by atoms with Gasteiger partial charge in [-0.15, -0.1) is 0 Å². The molecule has 0 bridgehead atoms. The van der Waals surface area contributed by atoms with Crippen molar-refractivity contribution in [3.05, 3.63) is 71.3 Å². The Balaban J connectivity index is 1.87. The molecular formula is C22H25F2N3O2. The Labute approximate surface area is 168 Å². The second-order valence-electron chi connectivity index (χ2n) is 7.75. The summed E-state index contributed by atoms with van der Waals surface area (Å²) in [7, 11) is 0. The number of nitrogens with one attached hydrogen (secondary N) is 1. The molecule has 0 aliphatic carbocycles. The minimum atomic E-state index is -1.16. The van der Waals surface area contributed by atoms with Gasteiger partial charge in [0.25, 0.3) is 0 Å². The maximum Gasteiger partial charge on any atom is 0.226 e. The van der Waals surface area contributed by atoms with Crippen molar-refractivity contribution >= 4 is 11.8 Å². The fraction of sp³-hybridized carbons (Fsp3) is 0.364. The maximum absolute atomic E-state index is 13.2. The molecule has 5 N–H and O–H groups in total. The number of nitrogens with two attached hydrogens (primary N) is 2. The minimum Gasteiger partial charge on any atom is -0.369 e. The SMILES string of the molecule is NC(=O)C1(CCc2ccc(F)cc2)CNCC1(CCc1ccc(F)cc1)C(N)=O. The Bertz CT molecular complexity index is 812. The van der Waals surface area contributed by atoms with Crippen molar-refractivity contribution < 1.29 is 18.4 Å². The molecule has 3 rings (SSSR count). The summed E-state index contributed by atoms with van der Waals surface area (Å²) in [5.41, 5.74) is 11.0. The highest BCUT2D eigenvalue weighted by Crippen LogP contribution is 2.49. The summed E-state index contributed by atoms with van der Waals surface area (Å²) in [6.07, 6.45) is 1.54. The second kappa shape index (κ2) is 8.29. The summed E-state index contributed by atoms with van der Waals surface area (Å²) in [5.74, 6) is -1.84. The zero-order chi connectivity index (χ0) is 21.1. The first-order chi connectivity index (χ1) is 13.8. The summed E-state index contributed by atoms with van der Waals surface area (Å²) in [5, 5.41) is 3.14. The molecule has 2 unspecified atom stereocenters. The molecular weight excluding hydrogens is 376 g/mol. The van der Waals surface area contributed by atoms with E-state index in [4.69, 9.17) is 11.5 Å². The van der Waals surface area contributed by atoms with Crippen molar-refractivity contribution in [1.29, 1.82) is 0 Å². The van der Waals surface area contributed by atoms with E-state index in [2.05, 4.69) is 5.32 Å². The molecule has 2 atom stereocenters. The van der Waals surface area contributed by atoms with Crippen molar-refractivity contribution in [2.75, 3.05) is 13.1 Å². The van der Waals surface area contributed by atoms with Gasteiger partial charge in [-0.1, -0.05) is 24.3 Å². The van der Waals surface area contributed by atoms with E-state index in [0.717, 1.165) is 11.1 Å². The Morgan fingerprint density at radius 3 is 1.41 bits per heavy atom. The molecule has 1 aliphatic heterocycles. The third-order valence-electron chi connectivity index (χ3n) is 6.22. The smallest absolute Gasteiger partial charge is 0.226 e. The number of hydrogen-bond donors (Lipinski definition) is 3. The van der Waals surface area contributed by atoms with Crippen molar-refractivity contribution in [2.24, 2.45) is 22.3 Å². The van der Waals surface area contributed by atoms with Crippen LogP contribution in [-0.4, -0.2) is 24.9 Å². The van der Waals surface area contributed by atoms with Gasteiger partial charge in [-0.3, -0.25) is 9.59 Å². The molecule has 7 heteroatoms. The molecule has 1 saturated heterocycles. The van der Waals surface area contributed by atoms with Crippen molar-refractivity contribution in [1.82, 2.24) is 5.32 Å². The molecule has 5 nitrogen and oxygen atoms in total. The van der Waals surface area contributed by atoms with Crippen LogP contribution in [0.15, 0.2) is 48.5 Å². The number of primary amides is 2. The first kappa shape index (κ1) is 20.9. The Kier molecular flexibility index (Phi) is 5.98. The van der Waals surface area contributed by atoms with Gasteiger partial charge in [0.15, 0.2) is 0 Å². The van der Waals surface area contributed by atoms with Crippen LogP contribution in [0.3, 0.4) is 0 Å². The number of benzene rings is 2. The maximum atomic E-state index is 13.2. The lowest BCUT2D eigenvalue weighted by molar-refractivity contribution is -0.145. The van der Waals surface area contributed by atoms with Crippen LogP contribution < -0.4 is 16.8 Å². The van der Waals surface area contributed by atoms with E-state index in [1.807, 2.05) is 0 Å². The van der Waals surface area contributed by atoms with Crippen LogP contribution in [0.4, 0.5) is 8.78 Å². The monoisotopic (exact) mass is 401 g/mol. The first-order valence-corrected chi connectivity index (χ1v) is 9.58. The highest BCUT2D eigenvalue weighted by Gasteiger charge is 2.61. The fourth-order valence-electron chi connectivity index (χ4n) is 4.39. The van der Waals surface area contributed by atoms with Gasteiger partial charge in [0, 0.05) is 13.1 Å². The summed E-state index contributed by atoms with van der Waals surface area (Å²) in [4.78, 5) is 25.3. The van der Waals surface area contributed by atoms with E-state index in [1.54, 1.807) is 24.3 Å². The van der Waals surface area contributed by atoms with E-state index < -0.39 is 22.6 Å². The van der Waals surface area contributed by atoms with Gasteiger partial charge >= 0.3 is 0 Å². The number of carbonyl (C=O) groups is 2. The number of hydrogen-bond acceptors (Lipinski definition) is 3. The molecule has 0 aromatic heterocycles. The molecule has 154 valence electrons. The largest absolute Gasteiger partial charge is 0.369 e. The molecule has 0 spiro atoms. The number of halogens is 2. The number of amides is 2. The van der Waals surface area contributed by atoms with Gasteiger partial charge in [-0.05, 0) is 61.1 Å². The van der Waals surface area contributed by atoms with E-state index in [-0.39, 0.29) is 24.7 Å². The highest BCUT2D eigenvalue weighted by atomic mass is 19.1. The van der Waals surface area contributed by atoms with Crippen molar-refractivity contribution in [3.63, 3.8) is 0 Å². The molecule has 2 amide bonds. The third-order valence-corrected chi connectivity index (χ3v) is 6.22. The molecule has 29 heavy (non-hydrogen) atoms. The van der Waals surface area contributed by atoms with Gasteiger partial charge in [0.2, 0.25) is 11.8 Å². The normalized spacial score (nSPS) is 23.8. The summed E-state index contributed by atoms with van der Waals surface area (Å²) < 4.78 is 26.4. The second-order valence-corrected chi connectivity index (χ2v) is 7.75. The zero-order valence-corrected chi connectivity index (χ0v) is 16.1. The fourth-order valence-corrected chi connectivity index (χ4v) is 4.39. The molecule has 2 aromatic carbocycles. The van der Waals surface area contributed by atoms with Crippen LogP contribution >= 0.6 is 0 Å². The van der Waals surface area contributed by atoms with Crippen molar-refractivity contribution in [3.8, 4) is 0 Å². The number of aryl methyl sites for hydroxylation is 2. The average Bonchev–Trinajstić information content (AvgIpc) is 3.08. The summed E-state index contributed by atoms with van der Waals surface area (Å²) in [6.45, 7) is 0.492. The van der Waals surface area contributed by atoms with Crippen LogP contribution in [0, 0.1) is 22.5 Å². The van der Waals surface area contributed by atoms with Gasteiger partial charge in [-0.25, -0.2) is 8.78 Å². The van der Waals surface area contributed by atoms with Gasteiger partial charge in [0.05, 0.1) is 10.8 Å². The Hall–Kier alpha value is -2.80. The summed E-state index contributed by atoms with van der Waals surface area (Å²) >= 11 is 0. The van der Waals surface area contributed by atoms with Gasteiger partial charge in [-0.2, -0.15) is 0 Å². The Morgan fingerprint density at radius 1 is 0.759 bits per heavy atom. The molecule has 2 aromatic rings. The quantitative estimate of drug-likeness (QED) is 0.632. The molecule has 0 saturated carbocycles. The van der Waals surface area contributed by atoms with E-state index in [0.29, 0.717) is 25.7 Å². The van der Waals surface area contributed by atoms with E-state index in [9.17, 15) is 18.4 Å². The van der Waals surface area contributed by atoms with E-state index >= 15 is 0 Å². The molecule has 1 fully saturated rings. The number of rotatable bonds is 8. The van der Waals surface area contributed by atoms with Crippen LogP contribution in [0.1, 0.15) is 24.0 Å². The predicted octanol–water partition coefficient (Wildman–Crippen LogP) is 2.08. The van der Waals surface area contributed by atoms with E-state index in [1.165, 1.54) is 24.3 Å². The lowest BCUT2D eigenvalue weighted by Crippen LogP contribution is -2.57. The van der Waals surface area contributed by atoms with Gasteiger partial charge in [0.1, 0.15) is 11.6 Å². The predicted molar refractivity (Wildman–Crippen MR) is 106 cm³/mol. The topological polar surface area (TPSA) is 98.2 Å². The van der Waals surface area contributed by atoms with Gasteiger partial charge < -0.3 is 16.8 Å². The summed E-state index contributed by atoms with van der Waals surface area (Å²) in [6, 6.07) is 12.0. The van der Waals surface area contributed by atoms with Crippen LogP contribution in [0.5, 0.6) is 0 Å². The highest BCUT2D eigenvalue weighted by molar-refractivity contribution is 5.93. The molecule has 0 radical (unpaired) electrons. The molecule has 1 aliphatic rings.